The summed E-state index contributed by atoms with van der Waals surface area (Å²) in [5.41, 5.74) is 7.28. The third-order valence-corrected chi connectivity index (χ3v) is 6.54. The molecular formula is C24H15Cl3N2O. The van der Waals surface area contributed by atoms with E-state index in [1.54, 1.807) is 16.8 Å². The van der Waals surface area contributed by atoms with Gasteiger partial charge in [0.25, 0.3) is 0 Å². The number of aryl methyl sites for hydroxylation is 1. The molecule has 6 heteroatoms. The molecule has 0 radical (unpaired) electrons. The monoisotopic (exact) mass is 452 g/mol. The zero-order valence-corrected chi connectivity index (χ0v) is 18.0. The molecule has 0 unspecified atom stereocenters. The number of halogens is 3. The molecule has 4 aromatic rings. The quantitative estimate of drug-likeness (QED) is 0.311. The fourth-order valence-corrected chi connectivity index (χ4v) is 4.56. The smallest absolute Gasteiger partial charge is 0.170 e. The van der Waals surface area contributed by atoms with Crippen LogP contribution in [0.2, 0.25) is 15.1 Å². The minimum Gasteiger partial charge on any atom is -0.296 e. The summed E-state index contributed by atoms with van der Waals surface area (Å²) >= 11 is 18.8. The highest BCUT2D eigenvalue weighted by Gasteiger charge is 2.26. The molecule has 0 aliphatic heterocycles. The summed E-state index contributed by atoms with van der Waals surface area (Å²) < 4.78 is 1.79. The minimum absolute atomic E-state index is 0.437. The van der Waals surface area contributed by atoms with Gasteiger partial charge in [-0.15, -0.1) is 0 Å². The molecule has 0 N–H and O–H groups in total. The summed E-state index contributed by atoms with van der Waals surface area (Å²) in [6.07, 6.45) is 2.41. The van der Waals surface area contributed by atoms with Gasteiger partial charge in [0.15, 0.2) is 6.29 Å². The molecule has 1 aliphatic carbocycles. The van der Waals surface area contributed by atoms with E-state index in [2.05, 4.69) is 23.3 Å². The molecule has 0 bridgehead atoms. The molecule has 0 saturated heterocycles. The van der Waals surface area contributed by atoms with Crippen molar-refractivity contribution in [3.8, 4) is 28.1 Å². The lowest BCUT2D eigenvalue weighted by Crippen LogP contribution is -2.07. The Hall–Kier alpha value is -2.59. The fourth-order valence-electron chi connectivity index (χ4n) is 4.03. The van der Waals surface area contributed by atoms with Gasteiger partial charge in [-0.3, -0.25) is 4.79 Å². The third-order valence-electron chi connectivity index (χ3n) is 5.47. The van der Waals surface area contributed by atoms with E-state index in [0.717, 1.165) is 52.8 Å². The Morgan fingerprint density at radius 3 is 2.43 bits per heavy atom. The Morgan fingerprint density at radius 2 is 1.67 bits per heavy atom. The van der Waals surface area contributed by atoms with Crippen molar-refractivity contribution in [3.05, 3.63) is 92.6 Å². The van der Waals surface area contributed by atoms with Crippen LogP contribution in [0, 0.1) is 0 Å². The Bertz CT molecular complexity index is 1310. The Morgan fingerprint density at radius 1 is 0.833 bits per heavy atom. The average molecular weight is 454 g/mol. The maximum atomic E-state index is 11.7. The van der Waals surface area contributed by atoms with Gasteiger partial charge < -0.3 is 0 Å². The van der Waals surface area contributed by atoms with Crippen LogP contribution in [0.1, 0.15) is 21.6 Å². The van der Waals surface area contributed by atoms with Gasteiger partial charge in [-0.05, 0) is 54.3 Å². The minimum atomic E-state index is 0.437. The van der Waals surface area contributed by atoms with E-state index < -0.39 is 0 Å². The van der Waals surface area contributed by atoms with Crippen LogP contribution in [-0.2, 0) is 12.8 Å². The van der Waals surface area contributed by atoms with Crippen molar-refractivity contribution < 1.29 is 4.79 Å². The number of benzene rings is 3. The SMILES string of the molecule is O=Cc1nn(-c2ccc(Cl)c(Cl)c2)c2c1CCc1ccc(-c3ccccc3Cl)cc1-2. The predicted octanol–water partition coefficient (Wildman–Crippen LogP) is 7.08. The molecule has 148 valence electrons. The van der Waals surface area contributed by atoms with Crippen LogP contribution in [0.15, 0.2) is 60.7 Å². The number of hydrogen-bond acceptors (Lipinski definition) is 2. The molecule has 3 aromatic carbocycles. The highest BCUT2D eigenvalue weighted by atomic mass is 35.5. The van der Waals surface area contributed by atoms with Crippen LogP contribution < -0.4 is 0 Å². The molecule has 1 aromatic heterocycles. The predicted molar refractivity (Wildman–Crippen MR) is 122 cm³/mol. The first-order valence-corrected chi connectivity index (χ1v) is 10.6. The molecule has 0 amide bonds. The van der Waals surface area contributed by atoms with Gasteiger partial charge in [0.05, 0.1) is 21.4 Å². The number of carbonyl (C=O) groups is 1. The van der Waals surface area contributed by atoms with Gasteiger partial charge >= 0.3 is 0 Å². The Balaban J connectivity index is 1.76. The van der Waals surface area contributed by atoms with E-state index in [4.69, 9.17) is 34.8 Å². The van der Waals surface area contributed by atoms with Gasteiger partial charge in [0, 0.05) is 21.7 Å². The van der Waals surface area contributed by atoms with Gasteiger partial charge in [-0.1, -0.05) is 65.1 Å². The van der Waals surface area contributed by atoms with Crippen molar-refractivity contribution in [2.75, 3.05) is 0 Å². The van der Waals surface area contributed by atoms with Crippen molar-refractivity contribution in [3.63, 3.8) is 0 Å². The van der Waals surface area contributed by atoms with Gasteiger partial charge in [0.1, 0.15) is 5.69 Å². The summed E-state index contributed by atoms with van der Waals surface area (Å²) in [4.78, 5) is 11.7. The molecular weight excluding hydrogens is 439 g/mol. The summed E-state index contributed by atoms with van der Waals surface area (Å²) in [6, 6.07) is 19.5. The van der Waals surface area contributed by atoms with Crippen molar-refractivity contribution in [1.29, 1.82) is 0 Å². The van der Waals surface area contributed by atoms with Crippen LogP contribution >= 0.6 is 34.8 Å². The van der Waals surface area contributed by atoms with Crippen LogP contribution in [0.25, 0.3) is 28.1 Å². The van der Waals surface area contributed by atoms with Crippen molar-refractivity contribution >= 4 is 41.1 Å². The number of aldehydes is 1. The number of rotatable bonds is 3. The van der Waals surface area contributed by atoms with Crippen molar-refractivity contribution in [1.82, 2.24) is 9.78 Å². The number of fused-ring (bicyclic) bond motifs is 3. The molecule has 1 heterocycles. The maximum Gasteiger partial charge on any atom is 0.170 e. The second-order valence-corrected chi connectivity index (χ2v) is 8.41. The zero-order valence-electron chi connectivity index (χ0n) is 15.7. The van der Waals surface area contributed by atoms with E-state index in [0.29, 0.717) is 20.8 Å². The van der Waals surface area contributed by atoms with E-state index in [9.17, 15) is 4.79 Å². The largest absolute Gasteiger partial charge is 0.296 e. The molecule has 0 saturated carbocycles. The standard InChI is InChI=1S/C24H15Cl3N2O/c25-20-4-2-1-3-17(20)15-6-5-14-7-9-18-23(13-30)28-29(24(18)19(14)11-15)16-8-10-21(26)22(27)12-16/h1-6,8,10-13H,7,9H2. The Labute approximate surface area is 188 Å². The highest BCUT2D eigenvalue weighted by Crippen LogP contribution is 2.40. The highest BCUT2D eigenvalue weighted by molar-refractivity contribution is 6.42. The average Bonchev–Trinajstić information content (AvgIpc) is 3.15. The zero-order chi connectivity index (χ0) is 20.8. The second kappa shape index (κ2) is 7.59. The van der Waals surface area contributed by atoms with Crippen molar-refractivity contribution in [2.45, 2.75) is 12.8 Å². The number of carbonyl (C=O) groups excluding carboxylic acids is 1. The summed E-state index contributed by atoms with van der Waals surface area (Å²) in [5.74, 6) is 0. The lowest BCUT2D eigenvalue weighted by molar-refractivity contribution is 0.111. The van der Waals surface area contributed by atoms with Gasteiger partial charge in [-0.25, -0.2) is 4.68 Å². The molecule has 5 rings (SSSR count). The first-order chi connectivity index (χ1) is 14.6. The molecule has 0 atom stereocenters. The van der Waals surface area contributed by atoms with E-state index in [1.807, 2.05) is 30.3 Å². The van der Waals surface area contributed by atoms with E-state index >= 15 is 0 Å². The third kappa shape index (κ3) is 3.14. The molecule has 30 heavy (non-hydrogen) atoms. The molecule has 0 spiro atoms. The van der Waals surface area contributed by atoms with Crippen molar-refractivity contribution in [2.24, 2.45) is 0 Å². The summed E-state index contributed by atoms with van der Waals surface area (Å²) in [5, 5.41) is 6.19. The lowest BCUT2D eigenvalue weighted by atomic mass is 9.87. The van der Waals surface area contributed by atoms with Crippen LogP contribution in [0.4, 0.5) is 0 Å². The topological polar surface area (TPSA) is 34.9 Å². The van der Waals surface area contributed by atoms with Crippen LogP contribution in [0.5, 0.6) is 0 Å². The Kier molecular flexibility index (Phi) is 4.90. The fraction of sp³-hybridized carbons (Fsp3) is 0.0833. The first-order valence-electron chi connectivity index (χ1n) is 9.47. The summed E-state index contributed by atoms with van der Waals surface area (Å²) in [7, 11) is 0. The lowest BCUT2D eigenvalue weighted by Gasteiger charge is -2.20. The van der Waals surface area contributed by atoms with E-state index in [-0.39, 0.29) is 0 Å². The van der Waals surface area contributed by atoms with E-state index in [1.165, 1.54) is 5.56 Å². The van der Waals surface area contributed by atoms with Crippen LogP contribution in [-0.4, -0.2) is 16.1 Å². The normalized spacial score (nSPS) is 12.4. The number of aromatic nitrogens is 2. The molecule has 0 fully saturated rings. The van der Waals surface area contributed by atoms with Gasteiger partial charge in [0.2, 0.25) is 0 Å². The number of nitrogens with zero attached hydrogens (tertiary/aromatic N) is 2. The number of hydrogen-bond donors (Lipinski definition) is 0. The second-order valence-electron chi connectivity index (χ2n) is 7.19. The maximum absolute atomic E-state index is 11.7. The molecule has 1 aliphatic rings. The van der Waals surface area contributed by atoms with Crippen LogP contribution in [0.3, 0.4) is 0 Å². The van der Waals surface area contributed by atoms with Gasteiger partial charge in [-0.2, -0.15) is 5.10 Å². The molecule has 3 nitrogen and oxygen atoms in total. The first kappa shape index (κ1) is 19.4. The summed E-state index contributed by atoms with van der Waals surface area (Å²) in [6.45, 7) is 0.